The summed E-state index contributed by atoms with van der Waals surface area (Å²) in [6.45, 7) is 0.996. The second-order valence-corrected chi connectivity index (χ2v) is 5.06. The van der Waals surface area contributed by atoms with Gasteiger partial charge >= 0.3 is 0 Å². The summed E-state index contributed by atoms with van der Waals surface area (Å²) in [7, 11) is 0. The van der Waals surface area contributed by atoms with Crippen LogP contribution in [0, 0.1) is 0 Å². The molecule has 1 unspecified atom stereocenters. The van der Waals surface area contributed by atoms with Crippen molar-refractivity contribution in [3.8, 4) is 0 Å². The first-order valence-electron chi connectivity index (χ1n) is 5.79. The smallest absolute Gasteiger partial charge is 0.0587 e. The number of hydrogen-bond acceptors (Lipinski definition) is 3. The fourth-order valence-electron chi connectivity index (χ4n) is 1.76. The Labute approximate surface area is 106 Å². The average Bonchev–Trinajstić information content (AvgIpc) is 2.89. The van der Waals surface area contributed by atoms with Crippen molar-refractivity contribution in [2.45, 2.75) is 19.0 Å². The van der Waals surface area contributed by atoms with Crippen LogP contribution in [0.15, 0.2) is 47.8 Å². The van der Waals surface area contributed by atoms with Crippen LogP contribution in [0.5, 0.6) is 0 Å². The number of aliphatic hydroxyl groups excluding tert-OH is 1. The highest BCUT2D eigenvalue weighted by Gasteiger charge is 2.07. The molecule has 0 spiro atoms. The number of benzene rings is 1. The predicted octanol–water partition coefficient (Wildman–Crippen LogP) is 2.44. The number of hydrogen-bond donors (Lipinski definition) is 2. The summed E-state index contributed by atoms with van der Waals surface area (Å²) in [6, 6.07) is 14.5. The Balaban J connectivity index is 1.85. The average molecular weight is 247 g/mol. The molecule has 2 N–H and O–H groups in total. The molecule has 0 aliphatic rings. The summed E-state index contributed by atoms with van der Waals surface area (Å²) in [4.78, 5) is 1.30. The SMILES string of the molecule is OCC(Cc1ccccc1)NCc1cccs1. The van der Waals surface area contributed by atoms with Gasteiger partial charge in [0.1, 0.15) is 0 Å². The van der Waals surface area contributed by atoms with E-state index in [1.807, 2.05) is 24.3 Å². The fourth-order valence-corrected chi connectivity index (χ4v) is 2.41. The van der Waals surface area contributed by atoms with Crippen LogP contribution in [0.25, 0.3) is 0 Å². The van der Waals surface area contributed by atoms with Gasteiger partial charge in [-0.1, -0.05) is 36.4 Å². The Morgan fingerprint density at radius 1 is 1.12 bits per heavy atom. The van der Waals surface area contributed by atoms with Gasteiger partial charge in [-0.3, -0.25) is 0 Å². The molecule has 0 aliphatic carbocycles. The molecule has 2 rings (SSSR count). The molecule has 1 heterocycles. The maximum atomic E-state index is 9.36. The molecular formula is C14H17NOS. The maximum Gasteiger partial charge on any atom is 0.0587 e. The van der Waals surface area contributed by atoms with Crippen LogP contribution in [0.1, 0.15) is 10.4 Å². The predicted molar refractivity (Wildman–Crippen MR) is 72.2 cm³/mol. The summed E-state index contributed by atoms with van der Waals surface area (Å²) in [5, 5.41) is 14.8. The lowest BCUT2D eigenvalue weighted by molar-refractivity contribution is 0.241. The van der Waals surface area contributed by atoms with Gasteiger partial charge in [0.2, 0.25) is 0 Å². The molecule has 2 aromatic rings. The van der Waals surface area contributed by atoms with Crippen molar-refractivity contribution >= 4 is 11.3 Å². The zero-order chi connectivity index (χ0) is 11.9. The van der Waals surface area contributed by atoms with Gasteiger partial charge in [-0.05, 0) is 23.4 Å². The minimum Gasteiger partial charge on any atom is -0.395 e. The Morgan fingerprint density at radius 2 is 1.94 bits per heavy atom. The van der Waals surface area contributed by atoms with E-state index >= 15 is 0 Å². The second-order valence-electron chi connectivity index (χ2n) is 4.03. The van der Waals surface area contributed by atoms with Gasteiger partial charge in [-0.25, -0.2) is 0 Å². The molecule has 1 aromatic heterocycles. The third-order valence-electron chi connectivity index (χ3n) is 2.69. The van der Waals surface area contributed by atoms with Crippen molar-refractivity contribution in [3.63, 3.8) is 0 Å². The topological polar surface area (TPSA) is 32.3 Å². The van der Waals surface area contributed by atoms with Gasteiger partial charge in [-0.15, -0.1) is 11.3 Å². The highest BCUT2D eigenvalue weighted by atomic mass is 32.1. The van der Waals surface area contributed by atoms with Crippen molar-refractivity contribution in [2.75, 3.05) is 6.61 Å². The van der Waals surface area contributed by atoms with Gasteiger partial charge < -0.3 is 10.4 Å². The van der Waals surface area contributed by atoms with E-state index in [2.05, 4.69) is 28.9 Å². The number of aliphatic hydroxyl groups is 1. The van der Waals surface area contributed by atoms with Gasteiger partial charge in [-0.2, -0.15) is 0 Å². The number of nitrogens with one attached hydrogen (secondary N) is 1. The molecule has 17 heavy (non-hydrogen) atoms. The molecule has 0 bridgehead atoms. The normalized spacial score (nSPS) is 12.5. The van der Waals surface area contributed by atoms with E-state index in [9.17, 15) is 5.11 Å². The lowest BCUT2D eigenvalue weighted by atomic mass is 10.1. The third-order valence-corrected chi connectivity index (χ3v) is 3.57. The van der Waals surface area contributed by atoms with Crippen molar-refractivity contribution in [2.24, 2.45) is 0 Å². The Morgan fingerprint density at radius 3 is 2.59 bits per heavy atom. The van der Waals surface area contributed by atoms with E-state index in [4.69, 9.17) is 0 Å². The van der Waals surface area contributed by atoms with Crippen molar-refractivity contribution < 1.29 is 5.11 Å². The van der Waals surface area contributed by atoms with E-state index in [0.29, 0.717) is 0 Å². The first-order valence-corrected chi connectivity index (χ1v) is 6.67. The van der Waals surface area contributed by atoms with E-state index < -0.39 is 0 Å². The monoisotopic (exact) mass is 247 g/mol. The molecule has 0 saturated carbocycles. The molecule has 0 fully saturated rings. The quantitative estimate of drug-likeness (QED) is 0.822. The van der Waals surface area contributed by atoms with Crippen molar-refractivity contribution in [1.29, 1.82) is 0 Å². The molecule has 90 valence electrons. The molecular weight excluding hydrogens is 230 g/mol. The molecule has 0 aliphatic heterocycles. The zero-order valence-electron chi connectivity index (χ0n) is 9.67. The number of thiophene rings is 1. The Kier molecular flexibility index (Phi) is 4.74. The molecule has 1 atom stereocenters. The van der Waals surface area contributed by atoms with Crippen LogP contribution in [0.2, 0.25) is 0 Å². The minimum atomic E-state index is 0.125. The van der Waals surface area contributed by atoms with E-state index in [0.717, 1.165) is 13.0 Å². The van der Waals surface area contributed by atoms with Crippen LogP contribution < -0.4 is 5.32 Å². The first-order chi connectivity index (χ1) is 8.38. The van der Waals surface area contributed by atoms with Crippen LogP contribution in [-0.4, -0.2) is 17.8 Å². The zero-order valence-corrected chi connectivity index (χ0v) is 10.5. The standard InChI is InChI=1S/C14H17NOS/c16-11-13(9-12-5-2-1-3-6-12)15-10-14-7-4-8-17-14/h1-8,13,15-16H,9-11H2. The highest BCUT2D eigenvalue weighted by Crippen LogP contribution is 2.09. The molecule has 0 radical (unpaired) electrons. The molecule has 0 amide bonds. The van der Waals surface area contributed by atoms with Crippen LogP contribution >= 0.6 is 11.3 Å². The van der Waals surface area contributed by atoms with Gasteiger partial charge in [0, 0.05) is 17.5 Å². The van der Waals surface area contributed by atoms with E-state index in [1.54, 1.807) is 11.3 Å². The molecule has 2 nitrogen and oxygen atoms in total. The maximum absolute atomic E-state index is 9.36. The van der Waals surface area contributed by atoms with Crippen molar-refractivity contribution in [1.82, 2.24) is 5.32 Å². The summed E-state index contributed by atoms with van der Waals surface area (Å²) in [5.74, 6) is 0. The Hall–Kier alpha value is -1.16. The molecule has 0 saturated heterocycles. The summed E-state index contributed by atoms with van der Waals surface area (Å²) in [5.41, 5.74) is 1.25. The third kappa shape index (κ3) is 3.97. The van der Waals surface area contributed by atoms with Crippen LogP contribution in [-0.2, 0) is 13.0 Å². The van der Waals surface area contributed by atoms with Gasteiger partial charge in [0.25, 0.3) is 0 Å². The second kappa shape index (κ2) is 6.55. The molecule has 3 heteroatoms. The van der Waals surface area contributed by atoms with Crippen LogP contribution in [0.3, 0.4) is 0 Å². The lowest BCUT2D eigenvalue weighted by Crippen LogP contribution is -2.33. The highest BCUT2D eigenvalue weighted by molar-refractivity contribution is 7.09. The van der Waals surface area contributed by atoms with E-state index in [1.165, 1.54) is 10.4 Å². The van der Waals surface area contributed by atoms with Gasteiger partial charge in [0.15, 0.2) is 0 Å². The Bertz CT molecular complexity index is 413. The largest absolute Gasteiger partial charge is 0.395 e. The summed E-state index contributed by atoms with van der Waals surface area (Å²) < 4.78 is 0. The molecule has 1 aromatic carbocycles. The summed E-state index contributed by atoms with van der Waals surface area (Å²) in [6.07, 6.45) is 0.864. The first kappa shape index (κ1) is 12.3. The van der Waals surface area contributed by atoms with Crippen molar-refractivity contribution in [3.05, 3.63) is 58.3 Å². The number of rotatable bonds is 6. The van der Waals surface area contributed by atoms with Gasteiger partial charge in [0.05, 0.1) is 6.61 Å². The minimum absolute atomic E-state index is 0.125. The fraction of sp³-hybridized carbons (Fsp3) is 0.286. The van der Waals surface area contributed by atoms with Crippen LogP contribution in [0.4, 0.5) is 0 Å². The lowest BCUT2D eigenvalue weighted by Gasteiger charge is -2.15. The van der Waals surface area contributed by atoms with E-state index in [-0.39, 0.29) is 12.6 Å². The summed E-state index contributed by atoms with van der Waals surface area (Å²) >= 11 is 1.74.